The molecule has 1 aliphatic rings. The molecule has 1 aliphatic heterocycles. The third-order valence-electron chi connectivity index (χ3n) is 3.28. The highest BCUT2D eigenvalue weighted by Gasteiger charge is 2.23. The Morgan fingerprint density at radius 2 is 1.95 bits per heavy atom. The SMILES string of the molecule is CC(NS(=O)(=O)c1ccc(Cl)cc1)C(=O)NCC1CNC1.Cl. The van der Waals surface area contributed by atoms with E-state index in [0.717, 1.165) is 13.1 Å². The van der Waals surface area contributed by atoms with Crippen LogP contribution in [0.5, 0.6) is 0 Å². The van der Waals surface area contributed by atoms with Crippen molar-refractivity contribution >= 4 is 39.9 Å². The molecular weight excluding hydrogens is 349 g/mol. The fourth-order valence-corrected chi connectivity index (χ4v) is 3.19. The number of nitrogens with one attached hydrogen (secondary N) is 3. The molecule has 9 heteroatoms. The Balaban J connectivity index is 0.00000242. The van der Waals surface area contributed by atoms with Gasteiger partial charge < -0.3 is 10.6 Å². The van der Waals surface area contributed by atoms with E-state index in [1.54, 1.807) is 0 Å². The van der Waals surface area contributed by atoms with Crippen LogP contribution in [0.3, 0.4) is 0 Å². The molecule has 1 aromatic carbocycles. The first kappa shape index (κ1) is 19.2. The molecular formula is C13H19Cl2N3O3S. The van der Waals surface area contributed by atoms with E-state index in [0.29, 0.717) is 17.5 Å². The predicted molar refractivity (Wildman–Crippen MR) is 87.9 cm³/mol. The zero-order chi connectivity index (χ0) is 15.5. The number of sulfonamides is 1. The molecule has 22 heavy (non-hydrogen) atoms. The van der Waals surface area contributed by atoms with Crippen molar-refractivity contribution < 1.29 is 13.2 Å². The number of carbonyl (C=O) groups is 1. The van der Waals surface area contributed by atoms with Crippen LogP contribution in [0.4, 0.5) is 0 Å². The van der Waals surface area contributed by atoms with Gasteiger partial charge in [0, 0.05) is 30.6 Å². The largest absolute Gasteiger partial charge is 0.354 e. The number of carbonyl (C=O) groups excluding carboxylic acids is 1. The lowest BCUT2D eigenvalue weighted by atomic mass is 10.0. The Bertz CT molecular complexity index is 603. The minimum absolute atomic E-state index is 0. The molecule has 1 heterocycles. The van der Waals surface area contributed by atoms with Crippen LogP contribution in [0.25, 0.3) is 0 Å². The van der Waals surface area contributed by atoms with Gasteiger partial charge in [-0.25, -0.2) is 8.42 Å². The molecule has 1 atom stereocenters. The summed E-state index contributed by atoms with van der Waals surface area (Å²) in [5, 5.41) is 6.30. The molecule has 0 bridgehead atoms. The van der Waals surface area contributed by atoms with E-state index >= 15 is 0 Å². The summed E-state index contributed by atoms with van der Waals surface area (Å²) in [6, 6.07) is 4.94. The number of hydrogen-bond acceptors (Lipinski definition) is 4. The Hall–Kier alpha value is -0.860. The molecule has 1 amide bonds. The van der Waals surface area contributed by atoms with Crippen LogP contribution < -0.4 is 15.4 Å². The summed E-state index contributed by atoms with van der Waals surface area (Å²) >= 11 is 5.72. The molecule has 3 N–H and O–H groups in total. The van der Waals surface area contributed by atoms with Gasteiger partial charge in [0.1, 0.15) is 0 Å². The average Bonchev–Trinajstić information content (AvgIpc) is 2.36. The van der Waals surface area contributed by atoms with Crippen molar-refractivity contribution in [2.24, 2.45) is 5.92 Å². The van der Waals surface area contributed by atoms with E-state index in [1.165, 1.54) is 31.2 Å². The minimum Gasteiger partial charge on any atom is -0.354 e. The van der Waals surface area contributed by atoms with Gasteiger partial charge in [-0.3, -0.25) is 4.79 Å². The summed E-state index contributed by atoms with van der Waals surface area (Å²) in [5.41, 5.74) is 0. The van der Waals surface area contributed by atoms with Crippen molar-refractivity contribution in [2.45, 2.75) is 17.9 Å². The van der Waals surface area contributed by atoms with Gasteiger partial charge in [0.15, 0.2) is 0 Å². The molecule has 1 fully saturated rings. The standard InChI is InChI=1S/C13H18ClN3O3S.ClH/c1-9(13(18)16-8-10-6-15-7-10)17-21(19,20)12-4-2-11(14)3-5-12;/h2-5,9-10,15,17H,6-8H2,1H3,(H,16,18);1H. The lowest BCUT2D eigenvalue weighted by Gasteiger charge is -2.27. The highest BCUT2D eigenvalue weighted by Crippen LogP contribution is 2.14. The molecule has 0 aromatic heterocycles. The van der Waals surface area contributed by atoms with Gasteiger partial charge in [0.05, 0.1) is 10.9 Å². The van der Waals surface area contributed by atoms with Crippen LogP contribution >= 0.6 is 24.0 Å². The van der Waals surface area contributed by atoms with Crippen LogP contribution in [-0.4, -0.2) is 40.0 Å². The number of hydrogen-bond donors (Lipinski definition) is 3. The topological polar surface area (TPSA) is 87.3 Å². The lowest BCUT2D eigenvalue weighted by Crippen LogP contribution is -2.51. The van der Waals surface area contributed by atoms with Gasteiger partial charge in [0.2, 0.25) is 15.9 Å². The Labute approximate surface area is 141 Å². The molecule has 0 spiro atoms. The van der Waals surface area contributed by atoms with E-state index in [-0.39, 0.29) is 23.2 Å². The zero-order valence-electron chi connectivity index (χ0n) is 12.0. The summed E-state index contributed by atoms with van der Waals surface area (Å²) in [5.74, 6) is 0.0912. The fraction of sp³-hybridized carbons (Fsp3) is 0.462. The summed E-state index contributed by atoms with van der Waals surface area (Å²) in [4.78, 5) is 11.9. The third kappa shape index (κ3) is 5.10. The van der Waals surface area contributed by atoms with Gasteiger partial charge in [-0.15, -0.1) is 12.4 Å². The maximum absolute atomic E-state index is 12.1. The van der Waals surface area contributed by atoms with Crippen LogP contribution in [0.15, 0.2) is 29.2 Å². The Kier molecular flexibility index (Phi) is 7.08. The first-order valence-corrected chi connectivity index (χ1v) is 8.51. The van der Waals surface area contributed by atoms with E-state index in [1.807, 2.05) is 0 Å². The van der Waals surface area contributed by atoms with Crippen molar-refractivity contribution in [3.63, 3.8) is 0 Å². The van der Waals surface area contributed by atoms with Crippen molar-refractivity contribution in [3.8, 4) is 0 Å². The number of benzene rings is 1. The normalized spacial score (nSPS) is 16.3. The smallest absolute Gasteiger partial charge is 0.241 e. The number of amides is 1. The number of rotatable bonds is 6. The molecule has 0 saturated carbocycles. The second-order valence-corrected chi connectivity index (χ2v) is 7.22. The molecule has 6 nitrogen and oxygen atoms in total. The van der Waals surface area contributed by atoms with Gasteiger partial charge in [0.25, 0.3) is 0 Å². The Morgan fingerprint density at radius 3 is 2.45 bits per heavy atom. The molecule has 1 unspecified atom stereocenters. The van der Waals surface area contributed by atoms with E-state index in [2.05, 4.69) is 15.4 Å². The predicted octanol–water partition coefficient (Wildman–Crippen LogP) is 0.764. The Morgan fingerprint density at radius 1 is 1.36 bits per heavy atom. The van der Waals surface area contributed by atoms with E-state index in [9.17, 15) is 13.2 Å². The highest BCUT2D eigenvalue weighted by molar-refractivity contribution is 7.89. The van der Waals surface area contributed by atoms with Crippen molar-refractivity contribution in [1.29, 1.82) is 0 Å². The molecule has 124 valence electrons. The maximum atomic E-state index is 12.1. The fourth-order valence-electron chi connectivity index (χ4n) is 1.86. The zero-order valence-corrected chi connectivity index (χ0v) is 14.4. The van der Waals surface area contributed by atoms with Gasteiger partial charge in [-0.1, -0.05) is 11.6 Å². The van der Waals surface area contributed by atoms with Crippen molar-refractivity contribution in [3.05, 3.63) is 29.3 Å². The summed E-state index contributed by atoms with van der Waals surface area (Å²) < 4.78 is 26.6. The maximum Gasteiger partial charge on any atom is 0.241 e. The quantitative estimate of drug-likeness (QED) is 0.692. The second-order valence-electron chi connectivity index (χ2n) is 5.07. The first-order chi connectivity index (χ1) is 9.88. The highest BCUT2D eigenvalue weighted by atomic mass is 35.5. The number of halogens is 2. The molecule has 0 radical (unpaired) electrons. The second kappa shape index (κ2) is 8.12. The summed E-state index contributed by atoms with van der Waals surface area (Å²) in [6.45, 7) is 3.83. The van der Waals surface area contributed by atoms with Crippen LogP contribution in [0, 0.1) is 5.92 Å². The first-order valence-electron chi connectivity index (χ1n) is 6.65. The van der Waals surface area contributed by atoms with Crippen LogP contribution in [-0.2, 0) is 14.8 Å². The molecule has 0 aliphatic carbocycles. The van der Waals surface area contributed by atoms with E-state index in [4.69, 9.17) is 11.6 Å². The lowest BCUT2D eigenvalue weighted by molar-refractivity contribution is -0.122. The third-order valence-corrected chi connectivity index (χ3v) is 5.09. The van der Waals surface area contributed by atoms with E-state index < -0.39 is 16.1 Å². The summed E-state index contributed by atoms with van der Waals surface area (Å²) in [7, 11) is -3.73. The summed E-state index contributed by atoms with van der Waals surface area (Å²) in [6.07, 6.45) is 0. The van der Waals surface area contributed by atoms with Crippen LogP contribution in [0.1, 0.15) is 6.92 Å². The van der Waals surface area contributed by atoms with Crippen molar-refractivity contribution in [2.75, 3.05) is 19.6 Å². The molecule has 1 aromatic rings. The van der Waals surface area contributed by atoms with Crippen LogP contribution in [0.2, 0.25) is 5.02 Å². The minimum atomic E-state index is -3.73. The van der Waals surface area contributed by atoms with Gasteiger partial charge in [-0.2, -0.15) is 4.72 Å². The molecule has 1 saturated heterocycles. The van der Waals surface area contributed by atoms with Gasteiger partial charge >= 0.3 is 0 Å². The average molecular weight is 368 g/mol. The van der Waals surface area contributed by atoms with Crippen molar-refractivity contribution in [1.82, 2.24) is 15.4 Å². The van der Waals surface area contributed by atoms with Gasteiger partial charge in [-0.05, 0) is 31.2 Å². The monoisotopic (exact) mass is 367 g/mol. The molecule has 2 rings (SSSR count).